The van der Waals surface area contributed by atoms with E-state index in [1.165, 1.54) is 43.3 Å². The van der Waals surface area contributed by atoms with E-state index in [1.54, 1.807) is 24.3 Å². The number of esters is 1. The summed E-state index contributed by atoms with van der Waals surface area (Å²) >= 11 is 0. The number of hydrogen-bond donors (Lipinski definition) is 2. The molecule has 0 aliphatic carbocycles. The zero-order chi connectivity index (χ0) is 25.2. The maximum atomic E-state index is 12.5. The Morgan fingerprint density at radius 2 is 1.49 bits per heavy atom. The van der Waals surface area contributed by atoms with Crippen molar-refractivity contribution in [3.8, 4) is 17.2 Å². The number of alkyl halides is 2. The van der Waals surface area contributed by atoms with Crippen molar-refractivity contribution >= 4 is 23.5 Å². The number of amides is 2. The average Bonchev–Trinajstić information content (AvgIpc) is 2.84. The topological polar surface area (TPSA) is 103 Å². The molecule has 3 aromatic carbocycles. The first-order valence-corrected chi connectivity index (χ1v) is 10.5. The highest BCUT2D eigenvalue weighted by Gasteiger charge is 2.20. The Kier molecular flexibility index (Phi) is 8.71. The van der Waals surface area contributed by atoms with Gasteiger partial charge in [-0.2, -0.15) is 8.78 Å². The van der Waals surface area contributed by atoms with E-state index in [0.717, 1.165) is 0 Å². The quantitative estimate of drug-likeness (QED) is 0.414. The predicted molar refractivity (Wildman–Crippen MR) is 123 cm³/mol. The Morgan fingerprint density at radius 3 is 2.17 bits per heavy atom. The van der Waals surface area contributed by atoms with Crippen molar-refractivity contribution in [2.75, 3.05) is 11.9 Å². The smallest absolute Gasteiger partial charge is 0.387 e. The van der Waals surface area contributed by atoms with Gasteiger partial charge < -0.3 is 24.8 Å². The summed E-state index contributed by atoms with van der Waals surface area (Å²) in [5, 5.41) is 4.76. The number of ether oxygens (including phenoxy) is 3. The molecule has 182 valence electrons. The largest absolute Gasteiger partial charge is 0.457 e. The number of rotatable bonds is 10. The molecule has 3 aromatic rings. The van der Waals surface area contributed by atoms with Gasteiger partial charge in [0.1, 0.15) is 23.8 Å². The summed E-state index contributed by atoms with van der Waals surface area (Å²) in [6, 6.07) is 21.0. The van der Waals surface area contributed by atoms with Gasteiger partial charge in [-0.05, 0) is 55.5 Å². The number of carbonyl (C=O) groups is 3. The van der Waals surface area contributed by atoms with Gasteiger partial charge in [-0.3, -0.25) is 14.4 Å². The molecule has 0 fully saturated rings. The second-order valence-corrected chi connectivity index (χ2v) is 7.12. The van der Waals surface area contributed by atoms with Gasteiger partial charge in [0.2, 0.25) is 0 Å². The number of carbonyl (C=O) groups excluding carboxylic acids is 3. The zero-order valence-electron chi connectivity index (χ0n) is 18.6. The van der Waals surface area contributed by atoms with Crippen molar-refractivity contribution in [1.29, 1.82) is 0 Å². The number of nitrogens with one attached hydrogen (secondary N) is 2. The van der Waals surface area contributed by atoms with Gasteiger partial charge in [0.05, 0.1) is 5.69 Å². The molecular weight excluding hydrogens is 462 g/mol. The molecule has 35 heavy (non-hydrogen) atoms. The molecule has 10 heteroatoms. The van der Waals surface area contributed by atoms with Gasteiger partial charge in [-0.25, -0.2) is 0 Å². The van der Waals surface area contributed by atoms with Crippen molar-refractivity contribution in [3.63, 3.8) is 0 Å². The molecule has 0 bridgehead atoms. The van der Waals surface area contributed by atoms with Crippen LogP contribution in [0.5, 0.6) is 17.2 Å². The fourth-order valence-electron chi connectivity index (χ4n) is 2.85. The minimum Gasteiger partial charge on any atom is -0.457 e. The van der Waals surface area contributed by atoms with Gasteiger partial charge in [0, 0.05) is 5.56 Å². The maximum absolute atomic E-state index is 12.5. The SMILES string of the molecule is CC(OC(=O)CNC(=O)c1ccc(Oc2ccccc2)cc1)C(=O)Nc1ccccc1OC(F)F. The summed E-state index contributed by atoms with van der Waals surface area (Å²) in [7, 11) is 0. The minimum absolute atomic E-state index is 0.00584. The van der Waals surface area contributed by atoms with Gasteiger partial charge in [-0.15, -0.1) is 0 Å². The molecule has 0 aromatic heterocycles. The van der Waals surface area contributed by atoms with Crippen molar-refractivity contribution in [2.45, 2.75) is 19.6 Å². The Balaban J connectivity index is 1.46. The van der Waals surface area contributed by atoms with E-state index in [2.05, 4.69) is 15.4 Å². The molecule has 0 aliphatic rings. The molecule has 1 unspecified atom stereocenters. The highest BCUT2D eigenvalue weighted by Crippen LogP contribution is 2.25. The van der Waals surface area contributed by atoms with Crippen LogP contribution in [0.4, 0.5) is 14.5 Å². The van der Waals surface area contributed by atoms with Crippen LogP contribution in [0, 0.1) is 0 Å². The summed E-state index contributed by atoms with van der Waals surface area (Å²) in [5.41, 5.74) is 0.285. The molecule has 0 spiro atoms. The zero-order valence-corrected chi connectivity index (χ0v) is 18.6. The van der Waals surface area contributed by atoms with Crippen molar-refractivity contribution < 1.29 is 37.4 Å². The second-order valence-electron chi connectivity index (χ2n) is 7.12. The third-order valence-electron chi connectivity index (χ3n) is 4.53. The lowest BCUT2D eigenvalue weighted by Gasteiger charge is -2.16. The van der Waals surface area contributed by atoms with E-state index in [-0.39, 0.29) is 11.4 Å². The van der Waals surface area contributed by atoms with Crippen LogP contribution >= 0.6 is 0 Å². The van der Waals surface area contributed by atoms with Crippen LogP contribution in [0.25, 0.3) is 0 Å². The molecule has 0 saturated carbocycles. The number of halogens is 2. The van der Waals surface area contributed by atoms with Crippen LogP contribution in [0.15, 0.2) is 78.9 Å². The average molecular weight is 484 g/mol. The normalized spacial score (nSPS) is 11.3. The first kappa shape index (κ1) is 25.2. The third kappa shape index (κ3) is 7.81. The molecular formula is C25H22F2N2O6. The first-order chi connectivity index (χ1) is 16.8. The lowest BCUT2D eigenvalue weighted by atomic mass is 10.2. The minimum atomic E-state index is -3.07. The van der Waals surface area contributed by atoms with Crippen LogP contribution in [-0.4, -0.2) is 37.0 Å². The fourth-order valence-corrected chi connectivity index (χ4v) is 2.85. The summed E-state index contributed by atoms with van der Waals surface area (Å²) in [6.45, 7) is -2.25. The van der Waals surface area contributed by atoms with Gasteiger partial charge >= 0.3 is 12.6 Å². The van der Waals surface area contributed by atoms with E-state index in [9.17, 15) is 23.2 Å². The van der Waals surface area contributed by atoms with Gasteiger partial charge in [0.25, 0.3) is 11.8 Å². The molecule has 0 heterocycles. The molecule has 0 saturated heterocycles. The Bertz CT molecular complexity index is 1160. The third-order valence-corrected chi connectivity index (χ3v) is 4.53. The number of para-hydroxylation sites is 3. The van der Waals surface area contributed by atoms with Crippen LogP contribution in [0.3, 0.4) is 0 Å². The number of hydrogen-bond acceptors (Lipinski definition) is 6. The summed E-state index contributed by atoms with van der Waals surface area (Å²) in [6.07, 6.45) is -1.26. The molecule has 0 radical (unpaired) electrons. The van der Waals surface area contributed by atoms with Crippen LogP contribution < -0.4 is 20.1 Å². The van der Waals surface area contributed by atoms with Gasteiger partial charge in [-0.1, -0.05) is 30.3 Å². The van der Waals surface area contributed by atoms with E-state index in [4.69, 9.17) is 9.47 Å². The van der Waals surface area contributed by atoms with Crippen molar-refractivity contribution in [3.05, 3.63) is 84.4 Å². The highest BCUT2D eigenvalue weighted by atomic mass is 19.3. The van der Waals surface area contributed by atoms with Crippen LogP contribution in [-0.2, 0) is 14.3 Å². The van der Waals surface area contributed by atoms with Crippen LogP contribution in [0.2, 0.25) is 0 Å². The molecule has 0 aliphatic heterocycles. The first-order valence-electron chi connectivity index (χ1n) is 10.5. The number of anilines is 1. The van der Waals surface area contributed by atoms with Crippen molar-refractivity contribution in [2.24, 2.45) is 0 Å². The standard InChI is InChI=1S/C25H22F2N2O6/c1-16(23(31)29-20-9-5-6-10-21(20)35-25(26)27)33-22(30)15-28-24(32)17-11-13-19(14-12-17)34-18-7-3-2-4-8-18/h2-14,16,25H,15H2,1H3,(H,28,32)(H,29,31). The van der Waals surface area contributed by atoms with Gasteiger partial charge in [0.15, 0.2) is 6.10 Å². The van der Waals surface area contributed by atoms with Crippen molar-refractivity contribution in [1.82, 2.24) is 5.32 Å². The maximum Gasteiger partial charge on any atom is 0.387 e. The molecule has 3 rings (SSSR count). The lowest BCUT2D eigenvalue weighted by molar-refractivity contribution is -0.152. The molecule has 2 N–H and O–H groups in total. The Hall–Kier alpha value is -4.47. The molecule has 1 atom stereocenters. The molecule has 2 amide bonds. The molecule has 8 nitrogen and oxygen atoms in total. The number of benzene rings is 3. The van der Waals surface area contributed by atoms with E-state index in [1.807, 2.05) is 18.2 Å². The van der Waals surface area contributed by atoms with E-state index in [0.29, 0.717) is 17.1 Å². The Labute approximate surface area is 199 Å². The summed E-state index contributed by atoms with van der Waals surface area (Å²) in [4.78, 5) is 36.6. The highest BCUT2D eigenvalue weighted by molar-refractivity contribution is 5.98. The summed E-state index contributed by atoms with van der Waals surface area (Å²) < 4.78 is 40.0. The predicted octanol–water partition coefficient (Wildman–Crippen LogP) is 4.38. The van der Waals surface area contributed by atoms with E-state index >= 15 is 0 Å². The lowest BCUT2D eigenvalue weighted by Crippen LogP contribution is -2.35. The van der Waals surface area contributed by atoms with Crippen LogP contribution in [0.1, 0.15) is 17.3 Å². The second kappa shape index (κ2) is 12.1. The fraction of sp³-hybridized carbons (Fsp3) is 0.160. The summed E-state index contributed by atoms with van der Waals surface area (Å²) in [5.74, 6) is -1.19. The van der Waals surface area contributed by atoms with E-state index < -0.39 is 37.0 Å². The monoisotopic (exact) mass is 484 g/mol. The Morgan fingerprint density at radius 1 is 0.857 bits per heavy atom.